The monoisotopic (exact) mass is 400 g/mol. The largest absolute Gasteiger partial charge is 0.322 e. The third-order valence-corrected chi connectivity index (χ3v) is 5.58. The van der Waals surface area contributed by atoms with E-state index in [0.717, 1.165) is 36.4 Å². The number of sulfonamides is 1. The smallest absolute Gasteiger partial charge is 0.255 e. The highest BCUT2D eigenvalue weighted by Crippen LogP contribution is 2.20. The van der Waals surface area contributed by atoms with Crippen LogP contribution in [0.25, 0.3) is 0 Å². The van der Waals surface area contributed by atoms with Crippen molar-refractivity contribution in [2.24, 2.45) is 5.92 Å². The normalized spacial score (nSPS) is 12.9. The summed E-state index contributed by atoms with van der Waals surface area (Å²) in [5, 5.41) is 2.30. The molecule has 0 aliphatic heterocycles. The molecule has 27 heavy (non-hydrogen) atoms. The second kappa shape index (κ2) is 8.10. The van der Waals surface area contributed by atoms with Crippen molar-refractivity contribution in [1.29, 1.82) is 0 Å². The number of carbonyl (C=O) groups is 1. The van der Waals surface area contributed by atoms with Gasteiger partial charge < -0.3 is 5.32 Å². The average Bonchev–Trinajstić information content (AvgIpc) is 2.57. The number of rotatable bonds is 6. The first-order valence-corrected chi connectivity index (χ1v) is 9.58. The fraction of sp³-hybridized carbons (Fsp3) is 0.278. The summed E-state index contributed by atoms with van der Waals surface area (Å²) < 4.78 is 67.4. The molecule has 2 N–H and O–H groups in total. The molecule has 0 bridgehead atoms. The predicted octanol–water partition coefficient (Wildman–Crippen LogP) is 3.68. The summed E-state index contributed by atoms with van der Waals surface area (Å²) in [4.78, 5) is 11.6. The second-order valence-electron chi connectivity index (χ2n) is 6.38. The van der Waals surface area contributed by atoms with E-state index in [4.69, 9.17) is 0 Å². The quantitative estimate of drug-likeness (QED) is 0.777. The molecule has 5 nitrogen and oxygen atoms in total. The standard InChI is InChI=1S/C18H19F3N2O3S/c1-10(2)11(3)23-27(25,26)17-8-12(4-6-15(17)20)18(24)22-13-5-7-14(19)16(21)9-13/h4-11,23H,1-3H3,(H,22,24)/t11-/m1/s1. The highest BCUT2D eigenvalue weighted by molar-refractivity contribution is 7.89. The van der Waals surface area contributed by atoms with Crippen molar-refractivity contribution < 1.29 is 26.4 Å². The van der Waals surface area contributed by atoms with Crippen molar-refractivity contribution in [3.8, 4) is 0 Å². The Balaban J connectivity index is 2.30. The summed E-state index contributed by atoms with van der Waals surface area (Å²) in [7, 11) is -4.19. The summed E-state index contributed by atoms with van der Waals surface area (Å²) in [6, 6.07) is 5.14. The van der Waals surface area contributed by atoms with Crippen molar-refractivity contribution in [2.75, 3.05) is 5.32 Å². The molecule has 0 aliphatic rings. The van der Waals surface area contributed by atoms with Crippen molar-refractivity contribution in [3.05, 3.63) is 59.4 Å². The number of nitrogens with one attached hydrogen (secondary N) is 2. The molecule has 0 saturated heterocycles. The van der Waals surface area contributed by atoms with Crippen LogP contribution in [-0.4, -0.2) is 20.4 Å². The van der Waals surface area contributed by atoms with E-state index >= 15 is 0 Å². The van der Waals surface area contributed by atoms with Crippen molar-refractivity contribution >= 4 is 21.6 Å². The van der Waals surface area contributed by atoms with E-state index in [1.54, 1.807) is 20.8 Å². The Kier molecular flexibility index (Phi) is 6.27. The SMILES string of the molecule is CC(C)[C@@H](C)NS(=O)(=O)c1cc(C(=O)Nc2ccc(F)c(F)c2)ccc1F. The number of carbonyl (C=O) groups excluding carboxylic acids is 1. The minimum absolute atomic E-state index is 0.0253. The lowest BCUT2D eigenvalue weighted by Gasteiger charge is -2.18. The van der Waals surface area contributed by atoms with Gasteiger partial charge in [-0.05, 0) is 43.2 Å². The van der Waals surface area contributed by atoms with Gasteiger partial charge in [-0.15, -0.1) is 0 Å². The molecule has 2 aromatic rings. The average molecular weight is 400 g/mol. The highest BCUT2D eigenvalue weighted by atomic mass is 32.2. The molecule has 146 valence electrons. The van der Waals surface area contributed by atoms with Crippen LogP contribution in [0.4, 0.5) is 18.9 Å². The second-order valence-corrected chi connectivity index (χ2v) is 8.06. The maximum atomic E-state index is 14.1. The molecule has 0 unspecified atom stereocenters. The maximum absolute atomic E-state index is 14.1. The Hall–Kier alpha value is -2.39. The van der Waals surface area contributed by atoms with Crippen molar-refractivity contribution in [2.45, 2.75) is 31.7 Å². The zero-order valence-corrected chi connectivity index (χ0v) is 15.7. The molecule has 1 amide bonds. The third-order valence-electron chi connectivity index (χ3n) is 4.00. The van der Waals surface area contributed by atoms with Gasteiger partial charge in [0.15, 0.2) is 11.6 Å². The fourth-order valence-corrected chi connectivity index (χ4v) is 3.57. The Morgan fingerprint density at radius 1 is 0.926 bits per heavy atom. The minimum Gasteiger partial charge on any atom is -0.322 e. The molecule has 0 fully saturated rings. The molecule has 1 atom stereocenters. The van der Waals surface area contributed by atoms with E-state index in [-0.39, 0.29) is 17.2 Å². The van der Waals surface area contributed by atoms with Gasteiger partial charge in [-0.2, -0.15) is 0 Å². The van der Waals surface area contributed by atoms with E-state index < -0.39 is 44.3 Å². The maximum Gasteiger partial charge on any atom is 0.255 e. The lowest BCUT2D eigenvalue weighted by molar-refractivity contribution is 0.102. The van der Waals surface area contributed by atoms with Gasteiger partial charge in [-0.1, -0.05) is 13.8 Å². The molecule has 0 radical (unpaired) electrons. The van der Waals surface area contributed by atoms with Gasteiger partial charge in [-0.25, -0.2) is 26.3 Å². The zero-order chi connectivity index (χ0) is 20.4. The summed E-state index contributed by atoms with van der Waals surface area (Å²) in [6.45, 7) is 5.24. The number of amides is 1. The van der Waals surface area contributed by atoms with E-state index in [1.165, 1.54) is 0 Å². The van der Waals surface area contributed by atoms with Crippen molar-refractivity contribution in [3.63, 3.8) is 0 Å². The first-order chi connectivity index (χ1) is 12.5. The van der Waals surface area contributed by atoms with Gasteiger partial charge in [0.05, 0.1) is 0 Å². The van der Waals surface area contributed by atoms with E-state index in [2.05, 4.69) is 10.0 Å². The van der Waals surface area contributed by atoms with Crippen LogP contribution in [-0.2, 0) is 10.0 Å². The van der Waals surface area contributed by atoms with E-state index in [1.807, 2.05) is 0 Å². The minimum atomic E-state index is -4.19. The first-order valence-electron chi connectivity index (χ1n) is 8.09. The number of benzene rings is 2. The van der Waals surface area contributed by atoms with Crippen molar-refractivity contribution in [1.82, 2.24) is 4.72 Å². The van der Waals surface area contributed by atoms with Crippen LogP contribution in [0, 0.1) is 23.4 Å². The molecule has 2 rings (SSSR count). The van der Waals surface area contributed by atoms with Gasteiger partial charge in [0.2, 0.25) is 10.0 Å². The number of hydrogen-bond acceptors (Lipinski definition) is 3. The molecule has 0 saturated carbocycles. The lowest BCUT2D eigenvalue weighted by atomic mass is 10.1. The highest BCUT2D eigenvalue weighted by Gasteiger charge is 2.24. The molecule has 2 aromatic carbocycles. The molecular formula is C18H19F3N2O3S. The van der Waals surface area contributed by atoms with Gasteiger partial charge in [-0.3, -0.25) is 4.79 Å². The summed E-state index contributed by atoms with van der Waals surface area (Å²) >= 11 is 0. The topological polar surface area (TPSA) is 75.3 Å². The molecule has 0 heterocycles. The van der Waals surface area contributed by atoms with Gasteiger partial charge in [0.1, 0.15) is 10.7 Å². The number of halogens is 3. The summed E-state index contributed by atoms with van der Waals surface area (Å²) in [5.41, 5.74) is -0.183. The molecular weight excluding hydrogens is 381 g/mol. The third kappa shape index (κ3) is 5.08. The molecule has 0 aliphatic carbocycles. The van der Waals surface area contributed by atoms with Gasteiger partial charge >= 0.3 is 0 Å². The van der Waals surface area contributed by atoms with Gasteiger partial charge in [0.25, 0.3) is 5.91 Å². The molecule has 0 aromatic heterocycles. The van der Waals surface area contributed by atoms with Crippen LogP contribution in [0.5, 0.6) is 0 Å². The van der Waals surface area contributed by atoms with E-state index in [0.29, 0.717) is 0 Å². The zero-order valence-electron chi connectivity index (χ0n) is 14.9. The van der Waals surface area contributed by atoms with Crippen LogP contribution in [0.1, 0.15) is 31.1 Å². The predicted molar refractivity (Wildman–Crippen MR) is 95.3 cm³/mol. The van der Waals surface area contributed by atoms with Crippen LogP contribution in [0.15, 0.2) is 41.3 Å². The Morgan fingerprint density at radius 2 is 1.56 bits per heavy atom. The Morgan fingerprint density at radius 3 is 2.15 bits per heavy atom. The van der Waals surface area contributed by atoms with Crippen LogP contribution in [0.3, 0.4) is 0 Å². The van der Waals surface area contributed by atoms with E-state index in [9.17, 15) is 26.4 Å². The Labute approximate surface area is 155 Å². The number of anilines is 1. The Bertz CT molecular complexity index is 962. The summed E-state index contributed by atoms with van der Waals surface area (Å²) in [5.74, 6) is -4.06. The fourth-order valence-electron chi connectivity index (χ4n) is 2.07. The van der Waals surface area contributed by atoms with Crippen LogP contribution >= 0.6 is 0 Å². The van der Waals surface area contributed by atoms with Gasteiger partial charge in [0, 0.05) is 23.4 Å². The lowest BCUT2D eigenvalue weighted by Crippen LogP contribution is -2.36. The van der Waals surface area contributed by atoms with Crippen LogP contribution in [0.2, 0.25) is 0 Å². The number of hydrogen-bond donors (Lipinski definition) is 2. The molecule has 0 spiro atoms. The van der Waals surface area contributed by atoms with Crippen LogP contribution < -0.4 is 10.0 Å². The summed E-state index contributed by atoms with van der Waals surface area (Å²) in [6.07, 6.45) is 0. The molecule has 9 heteroatoms. The first kappa shape index (κ1) is 20.9.